The third kappa shape index (κ3) is 4.89. The van der Waals surface area contributed by atoms with Crippen LogP contribution in [-0.2, 0) is 4.79 Å². The zero-order valence-corrected chi connectivity index (χ0v) is 13.6. The first-order chi connectivity index (χ1) is 10.7. The van der Waals surface area contributed by atoms with Crippen molar-refractivity contribution in [2.24, 2.45) is 5.10 Å². The Kier molecular flexibility index (Phi) is 5.97. The van der Waals surface area contributed by atoms with E-state index < -0.39 is 0 Å². The highest BCUT2D eigenvalue weighted by Gasteiger charge is 2.02. The molecule has 5 nitrogen and oxygen atoms in total. The van der Waals surface area contributed by atoms with Crippen LogP contribution in [0.5, 0.6) is 5.75 Å². The molecule has 0 bridgehead atoms. The van der Waals surface area contributed by atoms with E-state index in [1.54, 1.807) is 13.3 Å². The summed E-state index contributed by atoms with van der Waals surface area (Å²) < 4.78 is 6.14. The van der Waals surface area contributed by atoms with Gasteiger partial charge >= 0.3 is 0 Å². The van der Waals surface area contributed by atoms with Crippen LogP contribution in [-0.4, -0.2) is 25.8 Å². The number of benzene rings is 2. The van der Waals surface area contributed by atoms with Crippen LogP contribution < -0.4 is 15.5 Å². The molecule has 0 atom stereocenters. The van der Waals surface area contributed by atoms with Gasteiger partial charge < -0.3 is 10.1 Å². The number of nitrogens with one attached hydrogen (secondary N) is 2. The number of para-hydroxylation sites is 1. The molecule has 0 saturated carbocycles. The van der Waals surface area contributed by atoms with Crippen molar-refractivity contribution >= 4 is 33.7 Å². The summed E-state index contributed by atoms with van der Waals surface area (Å²) in [7, 11) is 1.59. The van der Waals surface area contributed by atoms with E-state index in [-0.39, 0.29) is 12.5 Å². The van der Waals surface area contributed by atoms with E-state index in [4.69, 9.17) is 4.74 Å². The third-order valence-corrected chi connectivity index (χ3v) is 3.30. The summed E-state index contributed by atoms with van der Waals surface area (Å²) >= 11 is 3.38. The number of hydrogen-bond acceptors (Lipinski definition) is 4. The Morgan fingerprint density at radius 1 is 1.27 bits per heavy atom. The number of carbonyl (C=O) groups excluding carboxylic acids is 1. The number of amides is 1. The molecule has 2 aromatic rings. The van der Waals surface area contributed by atoms with Gasteiger partial charge in [-0.05, 0) is 30.3 Å². The molecule has 6 heteroatoms. The Hall–Kier alpha value is -2.34. The summed E-state index contributed by atoms with van der Waals surface area (Å²) in [5.74, 6) is 0.456. The van der Waals surface area contributed by atoms with Crippen LogP contribution in [0, 0.1) is 0 Å². The first kappa shape index (κ1) is 16.0. The van der Waals surface area contributed by atoms with E-state index in [1.807, 2.05) is 48.5 Å². The lowest BCUT2D eigenvalue weighted by atomic mass is 10.2. The quantitative estimate of drug-likeness (QED) is 0.613. The summed E-state index contributed by atoms with van der Waals surface area (Å²) in [6, 6.07) is 15.1. The predicted octanol–water partition coefficient (Wildman–Crippen LogP) is 3.02. The lowest BCUT2D eigenvalue weighted by Gasteiger charge is -2.06. The molecule has 22 heavy (non-hydrogen) atoms. The molecule has 0 aliphatic heterocycles. The third-order valence-electron chi connectivity index (χ3n) is 2.81. The van der Waals surface area contributed by atoms with Gasteiger partial charge in [0.1, 0.15) is 5.75 Å². The van der Waals surface area contributed by atoms with E-state index in [0.29, 0.717) is 5.75 Å². The van der Waals surface area contributed by atoms with Gasteiger partial charge in [0.25, 0.3) is 5.91 Å². The van der Waals surface area contributed by atoms with Gasteiger partial charge in [-0.1, -0.05) is 34.1 Å². The molecule has 1 amide bonds. The molecule has 2 N–H and O–H groups in total. The van der Waals surface area contributed by atoms with Gasteiger partial charge in [0.2, 0.25) is 0 Å². The average Bonchev–Trinajstić information content (AvgIpc) is 2.54. The Morgan fingerprint density at radius 2 is 2.05 bits per heavy atom. The second-order valence-corrected chi connectivity index (χ2v) is 5.31. The number of halogens is 1. The largest absolute Gasteiger partial charge is 0.496 e. The normalized spacial score (nSPS) is 10.5. The van der Waals surface area contributed by atoms with E-state index in [9.17, 15) is 4.79 Å². The van der Waals surface area contributed by atoms with Crippen molar-refractivity contribution in [3.63, 3.8) is 0 Å². The lowest BCUT2D eigenvalue weighted by molar-refractivity contribution is -0.119. The van der Waals surface area contributed by atoms with Gasteiger partial charge in [0.15, 0.2) is 0 Å². The SMILES string of the molecule is COc1ccc(Br)cc1/C=N\NC(=O)CNc1ccccc1. The molecule has 0 fully saturated rings. The first-order valence-corrected chi connectivity index (χ1v) is 7.42. The van der Waals surface area contributed by atoms with Crippen molar-refractivity contribution < 1.29 is 9.53 Å². The van der Waals surface area contributed by atoms with Gasteiger partial charge in [0, 0.05) is 15.7 Å². The summed E-state index contributed by atoms with van der Waals surface area (Å²) in [5.41, 5.74) is 4.13. The highest BCUT2D eigenvalue weighted by atomic mass is 79.9. The minimum absolute atomic E-state index is 0.150. The van der Waals surface area contributed by atoms with Gasteiger partial charge in [-0.2, -0.15) is 5.10 Å². The van der Waals surface area contributed by atoms with Crippen molar-refractivity contribution in [1.82, 2.24) is 5.43 Å². The maximum Gasteiger partial charge on any atom is 0.259 e. The van der Waals surface area contributed by atoms with E-state index in [2.05, 4.69) is 31.8 Å². The summed E-state index contributed by atoms with van der Waals surface area (Å²) in [6.45, 7) is 0.150. The van der Waals surface area contributed by atoms with E-state index >= 15 is 0 Å². The van der Waals surface area contributed by atoms with E-state index in [0.717, 1.165) is 15.7 Å². The Labute approximate surface area is 137 Å². The van der Waals surface area contributed by atoms with Crippen LogP contribution in [0.25, 0.3) is 0 Å². The topological polar surface area (TPSA) is 62.7 Å². The standard InChI is InChI=1S/C16H16BrN3O2/c1-22-15-8-7-13(17)9-12(15)10-19-20-16(21)11-18-14-5-3-2-4-6-14/h2-10,18H,11H2,1H3,(H,20,21)/b19-10-. The van der Waals surface area contributed by atoms with Crippen molar-refractivity contribution in [2.45, 2.75) is 0 Å². The van der Waals surface area contributed by atoms with Crippen LogP contribution in [0.4, 0.5) is 5.69 Å². The molecule has 0 saturated heterocycles. The number of ether oxygens (including phenoxy) is 1. The monoisotopic (exact) mass is 361 g/mol. The van der Waals surface area contributed by atoms with Gasteiger partial charge in [0.05, 0.1) is 19.9 Å². The molecule has 0 spiro atoms. The van der Waals surface area contributed by atoms with Crippen LogP contribution in [0.3, 0.4) is 0 Å². The molecular weight excluding hydrogens is 346 g/mol. The van der Waals surface area contributed by atoms with Gasteiger partial charge in [-0.3, -0.25) is 4.79 Å². The number of methoxy groups -OCH3 is 1. The number of nitrogens with zero attached hydrogens (tertiary/aromatic N) is 1. The van der Waals surface area contributed by atoms with Gasteiger partial charge in [-0.25, -0.2) is 5.43 Å². The zero-order valence-electron chi connectivity index (χ0n) is 12.0. The summed E-state index contributed by atoms with van der Waals surface area (Å²) in [6.07, 6.45) is 1.55. The molecule has 2 aromatic carbocycles. The smallest absolute Gasteiger partial charge is 0.259 e. The average molecular weight is 362 g/mol. The fourth-order valence-electron chi connectivity index (χ4n) is 1.76. The maximum atomic E-state index is 11.7. The Balaban J connectivity index is 1.87. The fraction of sp³-hybridized carbons (Fsp3) is 0.125. The fourth-order valence-corrected chi connectivity index (χ4v) is 2.14. The molecule has 114 valence electrons. The first-order valence-electron chi connectivity index (χ1n) is 6.63. The maximum absolute atomic E-state index is 11.7. The van der Waals surface area contributed by atoms with Gasteiger partial charge in [-0.15, -0.1) is 0 Å². The number of hydrogen-bond donors (Lipinski definition) is 2. The molecule has 0 aliphatic rings. The molecule has 0 aromatic heterocycles. The van der Waals surface area contributed by atoms with Crippen molar-refractivity contribution in [3.05, 3.63) is 58.6 Å². The number of rotatable bonds is 6. The van der Waals surface area contributed by atoms with Crippen molar-refractivity contribution in [3.8, 4) is 5.75 Å². The highest BCUT2D eigenvalue weighted by molar-refractivity contribution is 9.10. The summed E-state index contributed by atoms with van der Waals surface area (Å²) in [5, 5.41) is 6.94. The number of anilines is 1. The van der Waals surface area contributed by atoms with Crippen LogP contribution in [0.1, 0.15) is 5.56 Å². The predicted molar refractivity (Wildman–Crippen MR) is 91.4 cm³/mol. The second-order valence-electron chi connectivity index (χ2n) is 4.40. The molecule has 0 aliphatic carbocycles. The molecule has 0 unspecified atom stereocenters. The van der Waals surface area contributed by atoms with Crippen LogP contribution in [0.2, 0.25) is 0 Å². The Morgan fingerprint density at radius 3 is 2.77 bits per heavy atom. The van der Waals surface area contributed by atoms with Crippen molar-refractivity contribution in [1.29, 1.82) is 0 Å². The number of hydrazone groups is 1. The minimum atomic E-state index is -0.228. The Bertz CT molecular complexity index is 660. The lowest BCUT2D eigenvalue weighted by Crippen LogP contribution is -2.25. The zero-order chi connectivity index (χ0) is 15.8. The van der Waals surface area contributed by atoms with Crippen molar-refractivity contribution in [2.75, 3.05) is 19.0 Å². The van der Waals surface area contributed by atoms with Crippen LogP contribution >= 0.6 is 15.9 Å². The minimum Gasteiger partial charge on any atom is -0.496 e. The van der Waals surface area contributed by atoms with E-state index in [1.165, 1.54) is 0 Å². The van der Waals surface area contributed by atoms with Crippen LogP contribution in [0.15, 0.2) is 58.1 Å². The molecular formula is C16H16BrN3O2. The molecule has 0 heterocycles. The summed E-state index contributed by atoms with van der Waals surface area (Å²) in [4.78, 5) is 11.7. The number of carbonyl (C=O) groups is 1. The molecule has 0 radical (unpaired) electrons. The molecule has 2 rings (SSSR count). The highest BCUT2D eigenvalue weighted by Crippen LogP contribution is 2.21. The second kappa shape index (κ2) is 8.19.